The second-order valence-corrected chi connectivity index (χ2v) is 5.38. The summed E-state index contributed by atoms with van der Waals surface area (Å²) in [6.07, 6.45) is -1.73. The Hall–Kier alpha value is -1.69. The van der Waals surface area contributed by atoms with Crippen molar-refractivity contribution in [2.24, 2.45) is 5.92 Å². The highest BCUT2D eigenvalue weighted by atomic mass is 19.3. The van der Waals surface area contributed by atoms with Gasteiger partial charge >= 0.3 is 5.97 Å². The highest BCUT2D eigenvalue weighted by Crippen LogP contribution is 2.39. The molecule has 0 aliphatic carbocycles. The summed E-state index contributed by atoms with van der Waals surface area (Å²) >= 11 is 0. The minimum absolute atomic E-state index is 0.0201. The number of aliphatic hydroxyl groups is 1. The molecule has 1 aromatic carbocycles. The smallest absolute Gasteiger partial charge is 0.317 e. The lowest BCUT2D eigenvalue weighted by Gasteiger charge is -2.34. The molecule has 2 unspecified atom stereocenters. The summed E-state index contributed by atoms with van der Waals surface area (Å²) in [5.74, 6) is -2.47. The molecule has 0 fully saturated rings. The lowest BCUT2D eigenvalue weighted by molar-refractivity contribution is -0.170. The van der Waals surface area contributed by atoms with Crippen molar-refractivity contribution in [1.82, 2.24) is 0 Å². The van der Waals surface area contributed by atoms with Gasteiger partial charge in [0, 0.05) is 0 Å². The molecule has 130 valence electrons. The quantitative estimate of drug-likeness (QED) is 0.704. The zero-order valence-electron chi connectivity index (χ0n) is 13.7. The number of esters is 1. The van der Waals surface area contributed by atoms with E-state index in [2.05, 4.69) is 4.74 Å². The molecule has 0 aliphatic rings. The predicted molar refractivity (Wildman–Crippen MR) is 82.5 cm³/mol. The van der Waals surface area contributed by atoms with Crippen LogP contribution in [0.15, 0.2) is 24.3 Å². The van der Waals surface area contributed by atoms with Crippen LogP contribution in [0.5, 0.6) is 5.75 Å². The molecule has 6 heteroatoms. The molecular weight excluding hydrogens is 306 g/mol. The number of carbonyl (C=O) groups excluding carboxylic acids is 1. The number of alkyl halides is 2. The molecule has 0 heterocycles. The topological polar surface area (TPSA) is 55.8 Å². The lowest BCUT2D eigenvalue weighted by atomic mass is 9.78. The predicted octanol–water partition coefficient (Wildman–Crippen LogP) is 3.52. The number of hydrogen-bond donors (Lipinski definition) is 1. The minimum Gasteiger partial charge on any atom is -0.494 e. The van der Waals surface area contributed by atoms with Gasteiger partial charge in [-0.1, -0.05) is 32.4 Å². The number of ether oxygens (including phenoxy) is 2. The Morgan fingerprint density at radius 3 is 2.26 bits per heavy atom. The molecule has 23 heavy (non-hydrogen) atoms. The molecule has 0 aromatic heterocycles. The molecule has 0 saturated carbocycles. The summed E-state index contributed by atoms with van der Waals surface area (Å²) in [6.45, 7) is 4.27. The van der Waals surface area contributed by atoms with E-state index >= 15 is 0 Å². The van der Waals surface area contributed by atoms with Crippen LogP contribution in [0.1, 0.15) is 38.7 Å². The Morgan fingerprint density at radius 1 is 1.22 bits per heavy atom. The van der Waals surface area contributed by atoms with E-state index in [-0.39, 0.29) is 12.0 Å². The molecule has 4 nitrogen and oxygen atoms in total. The van der Waals surface area contributed by atoms with E-state index in [1.54, 1.807) is 19.1 Å². The zero-order valence-corrected chi connectivity index (χ0v) is 13.7. The number of hydrogen-bond acceptors (Lipinski definition) is 4. The standard InChI is InChI=1S/C17H24F2O4/c1-4-10-17(21,14(15(18)19)16(20)22-3)12-6-8-13(9-7-12)23-11-5-2/h6-9,14-15,21H,4-5,10-11H2,1-3H3. The normalized spacial score (nSPS) is 15.1. The fraction of sp³-hybridized carbons (Fsp3) is 0.588. The summed E-state index contributed by atoms with van der Waals surface area (Å²) in [6, 6.07) is 6.23. The first kappa shape index (κ1) is 19.4. The van der Waals surface area contributed by atoms with Crippen LogP contribution in [0.2, 0.25) is 0 Å². The third-order valence-corrected chi connectivity index (χ3v) is 3.68. The first-order chi connectivity index (χ1) is 10.9. The zero-order chi connectivity index (χ0) is 17.5. The first-order valence-corrected chi connectivity index (χ1v) is 7.72. The molecule has 0 saturated heterocycles. The first-order valence-electron chi connectivity index (χ1n) is 7.72. The van der Waals surface area contributed by atoms with Crippen molar-refractivity contribution in [3.05, 3.63) is 29.8 Å². The van der Waals surface area contributed by atoms with Gasteiger partial charge in [0.15, 0.2) is 5.92 Å². The molecule has 1 aromatic rings. The molecule has 0 spiro atoms. The number of methoxy groups -OCH3 is 1. The molecule has 1 rings (SSSR count). The molecule has 0 aliphatic heterocycles. The second-order valence-electron chi connectivity index (χ2n) is 5.38. The van der Waals surface area contributed by atoms with E-state index in [4.69, 9.17) is 4.74 Å². The monoisotopic (exact) mass is 330 g/mol. The van der Waals surface area contributed by atoms with Crippen molar-refractivity contribution in [2.75, 3.05) is 13.7 Å². The van der Waals surface area contributed by atoms with E-state index < -0.39 is 23.9 Å². The number of carbonyl (C=O) groups is 1. The minimum atomic E-state index is -3.03. The van der Waals surface area contributed by atoms with Gasteiger partial charge in [-0.3, -0.25) is 4.79 Å². The maximum absolute atomic E-state index is 13.4. The molecule has 0 amide bonds. The van der Waals surface area contributed by atoms with E-state index in [9.17, 15) is 18.7 Å². The molecular formula is C17H24F2O4. The van der Waals surface area contributed by atoms with Gasteiger partial charge in [0.2, 0.25) is 0 Å². The van der Waals surface area contributed by atoms with Crippen LogP contribution in [0.4, 0.5) is 8.78 Å². The van der Waals surface area contributed by atoms with Crippen LogP contribution in [-0.4, -0.2) is 31.2 Å². The van der Waals surface area contributed by atoms with E-state index in [0.29, 0.717) is 18.8 Å². The number of halogens is 2. The maximum Gasteiger partial charge on any atom is 0.317 e. The summed E-state index contributed by atoms with van der Waals surface area (Å²) in [4.78, 5) is 11.8. The van der Waals surface area contributed by atoms with Crippen LogP contribution < -0.4 is 4.74 Å². The highest BCUT2D eigenvalue weighted by Gasteiger charge is 2.48. The van der Waals surface area contributed by atoms with Crippen molar-refractivity contribution in [1.29, 1.82) is 0 Å². The molecule has 0 bridgehead atoms. The Bertz CT molecular complexity index is 490. The summed E-state index contributed by atoms with van der Waals surface area (Å²) < 4.78 is 36.7. The fourth-order valence-electron chi connectivity index (χ4n) is 2.55. The largest absolute Gasteiger partial charge is 0.494 e. The summed E-state index contributed by atoms with van der Waals surface area (Å²) in [5.41, 5.74) is -1.74. The van der Waals surface area contributed by atoms with Gasteiger partial charge < -0.3 is 14.6 Å². The van der Waals surface area contributed by atoms with Crippen molar-refractivity contribution in [2.45, 2.75) is 45.1 Å². The second kappa shape index (κ2) is 8.82. The summed E-state index contributed by atoms with van der Waals surface area (Å²) in [7, 11) is 1.03. The lowest BCUT2D eigenvalue weighted by Crippen LogP contribution is -2.44. The van der Waals surface area contributed by atoms with Crippen LogP contribution in [-0.2, 0) is 15.1 Å². The van der Waals surface area contributed by atoms with E-state index in [1.807, 2.05) is 6.92 Å². The van der Waals surface area contributed by atoms with E-state index in [1.165, 1.54) is 12.1 Å². The van der Waals surface area contributed by atoms with Gasteiger partial charge in [0.1, 0.15) is 11.4 Å². The molecule has 0 radical (unpaired) electrons. The van der Waals surface area contributed by atoms with Gasteiger partial charge in [-0.25, -0.2) is 8.78 Å². The average Bonchev–Trinajstić information content (AvgIpc) is 2.53. The molecule has 1 N–H and O–H groups in total. The fourth-order valence-corrected chi connectivity index (χ4v) is 2.55. The van der Waals surface area contributed by atoms with Crippen molar-refractivity contribution in [3.8, 4) is 5.75 Å². The summed E-state index contributed by atoms with van der Waals surface area (Å²) in [5, 5.41) is 10.9. The Morgan fingerprint density at radius 2 is 1.83 bits per heavy atom. The van der Waals surface area contributed by atoms with Gasteiger partial charge in [0.25, 0.3) is 6.43 Å². The van der Waals surface area contributed by atoms with Crippen LogP contribution in [0, 0.1) is 5.92 Å². The van der Waals surface area contributed by atoms with Crippen LogP contribution in [0.25, 0.3) is 0 Å². The van der Waals surface area contributed by atoms with Gasteiger partial charge in [-0.05, 0) is 30.5 Å². The Kier molecular flexibility index (Phi) is 7.42. The van der Waals surface area contributed by atoms with Gasteiger partial charge in [-0.2, -0.15) is 0 Å². The number of benzene rings is 1. The Balaban J connectivity index is 3.18. The van der Waals surface area contributed by atoms with Crippen LogP contribution >= 0.6 is 0 Å². The average molecular weight is 330 g/mol. The van der Waals surface area contributed by atoms with Gasteiger partial charge in [0.05, 0.1) is 13.7 Å². The SMILES string of the molecule is CCCOc1ccc(C(O)(CCC)C(C(=O)OC)C(F)F)cc1. The van der Waals surface area contributed by atoms with Crippen molar-refractivity contribution >= 4 is 5.97 Å². The maximum atomic E-state index is 13.4. The van der Waals surface area contributed by atoms with Gasteiger partial charge in [-0.15, -0.1) is 0 Å². The number of rotatable bonds is 9. The third kappa shape index (κ3) is 4.64. The van der Waals surface area contributed by atoms with Crippen molar-refractivity contribution < 1.29 is 28.2 Å². The third-order valence-electron chi connectivity index (χ3n) is 3.68. The highest BCUT2D eigenvalue weighted by molar-refractivity contribution is 5.74. The molecule has 2 atom stereocenters. The van der Waals surface area contributed by atoms with Crippen LogP contribution in [0.3, 0.4) is 0 Å². The van der Waals surface area contributed by atoms with Crippen molar-refractivity contribution in [3.63, 3.8) is 0 Å². The van der Waals surface area contributed by atoms with E-state index in [0.717, 1.165) is 13.5 Å². The Labute approximate surface area is 135 Å².